The Morgan fingerprint density at radius 2 is 1.96 bits per heavy atom. The van der Waals surface area contributed by atoms with Crippen LogP contribution in [0.4, 0.5) is 5.69 Å². The number of aliphatic imine (C=N–C) groups is 1. The number of aryl methyl sites for hydroxylation is 1. The van der Waals surface area contributed by atoms with Gasteiger partial charge in [0.15, 0.2) is 5.96 Å². The van der Waals surface area contributed by atoms with Crippen LogP contribution in [0.5, 0.6) is 0 Å². The maximum Gasteiger partial charge on any atom is 0.194 e. The summed E-state index contributed by atoms with van der Waals surface area (Å²) in [6.45, 7) is 10.8. The van der Waals surface area contributed by atoms with Gasteiger partial charge in [0.25, 0.3) is 0 Å². The Morgan fingerprint density at radius 1 is 1.27 bits per heavy atom. The van der Waals surface area contributed by atoms with Gasteiger partial charge in [-0.2, -0.15) is 0 Å². The third kappa shape index (κ3) is 6.61. The quantitative estimate of drug-likeness (QED) is 0.388. The minimum absolute atomic E-state index is 0. The lowest BCUT2D eigenvalue weighted by Gasteiger charge is -2.34. The fraction of sp³-hybridized carbons (Fsp3) is 0.650. The SMILES string of the molecule is CCNC(=NCc1ccc(N(C)C)cc1C)N1CCC(OCC)CC1.I. The van der Waals surface area contributed by atoms with Crippen LogP contribution in [-0.4, -0.2) is 57.3 Å². The molecule has 26 heavy (non-hydrogen) atoms. The number of nitrogens with zero attached hydrogens (tertiary/aromatic N) is 3. The van der Waals surface area contributed by atoms with Crippen LogP contribution in [0.25, 0.3) is 0 Å². The van der Waals surface area contributed by atoms with Gasteiger partial charge < -0.3 is 19.9 Å². The molecular weight excluding hydrogens is 439 g/mol. The highest BCUT2D eigenvalue weighted by Gasteiger charge is 2.21. The van der Waals surface area contributed by atoms with Crippen molar-refractivity contribution in [3.63, 3.8) is 0 Å². The van der Waals surface area contributed by atoms with E-state index in [-0.39, 0.29) is 24.0 Å². The van der Waals surface area contributed by atoms with Gasteiger partial charge in [-0.05, 0) is 56.9 Å². The molecule has 1 aliphatic heterocycles. The maximum absolute atomic E-state index is 5.76. The molecule has 0 spiro atoms. The molecule has 1 N–H and O–H groups in total. The highest BCUT2D eigenvalue weighted by Crippen LogP contribution is 2.19. The second-order valence-electron chi connectivity index (χ2n) is 6.82. The van der Waals surface area contributed by atoms with Crippen molar-refractivity contribution in [3.05, 3.63) is 29.3 Å². The Kier molecular flexibility index (Phi) is 10.3. The van der Waals surface area contributed by atoms with Gasteiger partial charge >= 0.3 is 0 Å². The van der Waals surface area contributed by atoms with Crippen molar-refractivity contribution in [2.75, 3.05) is 45.2 Å². The molecular formula is C20H35IN4O. The number of halogens is 1. The number of rotatable bonds is 6. The van der Waals surface area contributed by atoms with Crippen molar-refractivity contribution in [1.29, 1.82) is 0 Å². The number of ether oxygens (including phenoxy) is 1. The van der Waals surface area contributed by atoms with Crippen molar-refractivity contribution in [1.82, 2.24) is 10.2 Å². The molecule has 6 heteroatoms. The monoisotopic (exact) mass is 474 g/mol. The Labute approximate surface area is 176 Å². The van der Waals surface area contributed by atoms with Gasteiger partial charge in [-0.25, -0.2) is 4.99 Å². The molecule has 148 valence electrons. The van der Waals surface area contributed by atoms with Crippen LogP contribution >= 0.6 is 24.0 Å². The molecule has 1 aromatic rings. The first-order chi connectivity index (χ1) is 12.0. The maximum atomic E-state index is 5.76. The van der Waals surface area contributed by atoms with E-state index in [1.54, 1.807) is 0 Å². The van der Waals surface area contributed by atoms with Crippen molar-refractivity contribution < 1.29 is 4.74 Å². The number of hydrogen-bond donors (Lipinski definition) is 1. The van der Waals surface area contributed by atoms with Gasteiger partial charge in [-0.1, -0.05) is 6.07 Å². The zero-order valence-corrected chi connectivity index (χ0v) is 19.2. The molecule has 0 saturated carbocycles. The average molecular weight is 474 g/mol. The molecule has 1 fully saturated rings. The second-order valence-corrected chi connectivity index (χ2v) is 6.82. The lowest BCUT2D eigenvalue weighted by molar-refractivity contribution is 0.0263. The van der Waals surface area contributed by atoms with Crippen molar-refractivity contribution in [3.8, 4) is 0 Å². The number of nitrogens with one attached hydrogen (secondary N) is 1. The van der Waals surface area contributed by atoms with Crippen LogP contribution in [0.1, 0.15) is 37.8 Å². The molecule has 2 rings (SSSR count). The first-order valence-corrected chi connectivity index (χ1v) is 9.46. The normalized spacial score (nSPS) is 15.6. The number of benzene rings is 1. The second kappa shape index (κ2) is 11.6. The van der Waals surface area contributed by atoms with Gasteiger partial charge in [0, 0.05) is 46.0 Å². The molecule has 0 unspecified atom stereocenters. The minimum Gasteiger partial charge on any atom is -0.378 e. The van der Waals surface area contributed by atoms with E-state index in [1.165, 1.54) is 16.8 Å². The number of anilines is 1. The van der Waals surface area contributed by atoms with E-state index in [0.717, 1.165) is 45.0 Å². The summed E-state index contributed by atoms with van der Waals surface area (Å²) in [7, 11) is 4.14. The molecule has 1 aliphatic rings. The van der Waals surface area contributed by atoms with Crippen molar-refractivity contribution in [2.24, 2.45) is 4.99 Å². The fourth-order valence-corrected chi connectivity index (χ4v) is 3.19. The molecule has 0 aliphatic carbocycles. The zero-order valence-electron chi connectivity index (χ0n) is 16.9. The summed E-state index contributed by atoms with van der Waals surface area (Å²) in [5, 5.41) is 3.45. The van der Waals surface area contributed by atoms with Crippen molar-refractivity contribution >= 4 is 35.6 Å². The van der Waals surface area contributed by atoms with E-state index < -0.39 is 0 Å². The number of piperidine rings is 1. The summed E-state index contributed by atoms with van der Waals surface area (Å²) in [6, 6.07) is 6.59. The highest BCUT2D eigenvalue weighted by molar-refractivity contribution is 14.0. The van der Waals surface area contributed by atoms with Gasteiger partial charge in [-0.15, -0.1) is 24.0 Å². The smallest absolute Gasteiger partial charge is 0.194 e. The molecule has 0 amide bonds. The Bertz CT molecular complexity index is 569. The fourth-order valence-electron chi connectivity index (χ4n) is 3.19. The average Bonchev–Trinajstić information content (AvgIpc) is 2.60. The number of likely N-dealkylation sites (tertiary alicyclic amines) is 1. The summed E-state index contributed by atoms with van der Waals surface area (Å²) >= 11 is 0. The Hall–Kier alpha value is -1.02. The number of guanidine groups is 1. The van der Waals surface area contributed by atoms with Crippen LogP contribution in [0.2, 0.25) is 0 Å². The van der Waals surface area contributed by atoms with E-state index in [4.69, 9.17) is 9.73 Å². The van der Waals surface area contributed by atoms with E-state index in [0.29, 0.717) is 12.6 Å². The van der Waals surface area contributed by atoms with Crippen LogP contribution in [0, 0.1) is 6.92 Å². The predicted octanol–water partition coefficient (Wildman–Crippen LogP) is 3.65. The topological polar surface area (TPSA) is 40.1 Å². The summed E-state index contributed by atoms with van der Waals surface area (Å²) in [4.78, 5) is 9.39. The molecule has 0 atom stereocenters. The first kappa shape index (κ1) is 23.0. The first-order valence-electron chi connectivity index (χ1n) is 9.46. The zero-order chi connectivity index (χ0) is 18.2. The van der Waals surface area contributed by atoms with E-state index in [9.17, 15) is 0 Å². The molecule has 0 radical (unpaired) electrons. The van der Waals surface area contributed by atoms with E-state index >= 15 is 0 Å². The van der Waals surface area contributed by atoms with E-state index in [2.05, 4.69) is 68.2 Å². The van der Waals surface area contributed by atoms with Gasteiger partial charge in [-0.3, -0.25) is 0 Å². The summed E-state index contributed by atoms with van der Waals surface area (Å²) < 4.78 is 5.76. The predicted molar refractivity (Wildman–Crippen MR) is 122 cm³/mol. The summed E-state index contributed by atoms with van der Waals surface area (Å²) in [5.74, 6) is 1.02. The van der Waals surface area contributed by atoms with Crippen LogP contribution in [0.3, 0.4) is 0 Å². The van der Waals surface area contributed by atoms with Gasteiger partial charge in [0.2, 0.25) is 0 Å². The minimum atomic E-state index is 0. The molecule has 0 bridgehead atoms. The summed E-state index contributed by atoms with van der Waals surface area (Å²) in [5.41, 5.74) is 3.81. The van der Waals surface area contributed by atoms with Crippen LogP contribution < -0.4 is 10.2 Å². The van der Waals surface area contributed by atoms with Crippen LogP contribution in [-0.2, 0) is 11.3 Å². The third-order valence-electron chi connectivity index (χ3n) is 4.72. The van der Waals surface area contributed by atoms with E-state index in [1.807, 2.05) is 0 Å². The molecule has 1 saturated heterocycles. The lowest BCUT2D eigenvalue weighted by Crippen LogP contribution is -2.47. The molecule has 1 aromatic carbocycles. The number of hydrogen-bond acceptors (Lipinski definition) is 3. The van der Waals surface area contributed by atoms with Crippen molar-refractivity contribution in [2.45, 2.75) is 46.3 Å². The highest BCUT2D eigenvalue weighted by atomic mass is 127. The summed E-state index contributed by atoms with van der Waals surface area (Å²) in [6.07, 6.45) is 2.56. The van der Waals surface area contributed by atoms with Gasteiger partial charge in [0.1, 0.15) is 0 Å². The Balaban J connectivity index is 0.00000338. The standard InChI is InChI=1S/C20H34N4O.HI/c1-6-21-20(24-12-10-19(11-13-24)25-7-2)22-15-17-8-9-18(23(4)5)14-16(17)3;/h8-9,14,19H,6-7,10-13,15H2,1-5H3,(H,21,22);1H. The molecule has 1 heterocycles. The van der Waals surface area contributed by atoms with Gasteiger partial charge in [0.05, 0.1) is 12.6 Å². The molecule has 5 nitrogen and oxygen atoms in total. The Morgan fingerprint density at radius 3 is 2.50 bits per heavy atom. The largest absolute Gasteiger partial charge is 0.378 e. The van der Waals surface area contributed by atoms with Crippen LogP contribution in [0.15, 0.2) is 23.2 Å². The molecule has 0 aromatic heterocycles. The third-order valence-corrected chi connectivity index (χ3v) is 4.72. The lowest BCUT2D eigenvalue weighted by atomic mass is 10.1.